The van der Waals surface area contributed by atoms with Crippen LogP contribution in [0.2, 0.25) is 0 Å². The van der Waals surface area contributed by atoms with Gasteiger partial charge in [0.25, 0.3) is 5.91 Å². The van der Waals surface area contributed by atoms with Crippen molar-refractivity contribution in [3.8, 4) is 5.75 Å². The Labute approximate surface area is 189 Å². The summed E-state index contributed by atoms with van der Waals surface area (Å²) in [6.07, 6.45) is 5.98. The Morgan fingerprint density at radius 3 is 2.62 bits per heavy atom. The molecule has 1 unspecified atom stereocenters. The number of piperidine rings is 1. The first-order valence-corrected chi connectivity index (χ1v) is 11.8. The Bertz CT molecular complexity index is 961. The minimum Gasteiger partial charge on any atom is -0.494 e. The Hall–Kier alpha value is -2.61. The van der Waals surface area contributed by atoms with Crippen LogP contribution in [0.25, 0.3) is 0 Å². The van der Waals surface area contributed by atoms with Crippen molar-refractivity contribution in [1.29, 1.82) is 0 Å². The van der Waals surface area contributed by atoms with Crippen molar-refractivity contribution in [2.45, 2.75) is 64.0 Å². The largest absolute Gasteiger partial charge is 0.494 e. The van der Waals surface area contributed by atoms with Gasteiger partial charge in [0.15, 0.2) is 0 Å². The molecule has 1 aromatic carbocycles. The summed E-state index contributed by atoms with van der Waals surface area (Å²) in [5.41, 5.74) is 0.611. The normalized spacial score (nSPS) is 18.7. The van der Waals surface area contributed by atoms with Gasteiger partial charge in [0.05, 0.1) is 19.8 Å². The van der Waals surface area contributed by atoms with Crippen LogP contribution in [0.1, 0.15) is 73.6 Å². The first-order chi connectivity index (χ1) is 15.6. The van der Waals surface area contributed by atoms with E-state index < -0.39 is 0 Å². The highest BCUT2D eigenvalue weighted by Crippen LogP contribution is 2.37. The number of nitrogens with zero attached hydrogens (tertiary/aromatic N) is 4. The number of ether oxygens (including phenoxy) is 2. The number of carbonyl (C=O) groups excluding carboxylic acids is 1. The highest BCUT2D eigenvalue weighted by molar-refractivity contribution is 5.94. The molecule has 1 amide bonds. The van der Waals surface area contributed by atoms with Crippen LogP contribution in [-0.2, 0) is 11.3 Å². The van der Waals surface area contributed by atoms with Crippen molar-refractivity contribution in [3.63, 3.8) is 0 Å². The van der Waals surface area contributed by atoms with E-state index in [9.17, 15) is 9.59 Å². The molecule has 1 saturated heterocycles. The Morgan fingerprint density at radius 2 is 1.94 bits per heavy atom. The van der Waals surface area contributed by atoms with Gasteiger partial charge in [-0.15, -0.1) is 0 Å². The lowest BCUT2D eigenvalue weighted by Crippen LogP contribution is -2.40. The molecule has 0 spiro atoms. The molecule has 0 bridgehead atoms. The smallest absolute Gasteiger partial charge is 0.346 e. The van der Waals surface area contributed by atoms with E-state index in [0.717, 1.165) is 56.6 Å². The maximum absolute atomic E-state index is 13.2. The standard InChI is InChI=1S/C24H34N4O4/c1-3-4-15-32-21-11-7-18(8-12-21)23(29)26-13-5-6-19(17-26)22-25-27(14-16-31-2)24(30)28(22)20-9-10-20/h7-8,11-12,19-20H,3-6,9-10,13-17H2,1-2H3. The molecule has 32 heavy (non-hydrogen) atoms. The summed E-state index contributed by atoms with van der Waals surface area (Å²) in [5, 5.41) is 4.68. The van der Waals surface area contributed by atoms with Gasteiger partial charge in [-0.3, -0.25) is 9.36 Å². The number of aromatic nitrogens is 3. The van der Waals surface area contributed by atoms with Crippen LogP contribution >= 0.6 is 0 Å². The molecule has 1 aromatic heterocycles. The summed E-state index contributed by atoms with van der Waals surface area (Å²) in [7, 11) is 1.62. The first-order valence-electron chi connectivity index (χ1n) is 11.8. The molecular formula is C24H34N4O4. The van der Waals surface area contributed by atoms with Gasteiger partial charge in [-0.1, -0.05) is 13.3 Å². The summed E-state index contributed by atoms with van der Waals surface area (Å²) >= 11 is 0. The third-order valence-electron chi connectivity index (χ3n) is 6.26. The van der Waals surface area contributed by atoms with Crippen LogP contribution in [0.15, 0.2) is 29.1 Å². The molecule has 0 radical (unpaired) electrons. The number of unbranched alkanes of at least 4 members (excludes halogenated alkanes) is 1. The van der Waals surface area contributed by atoms with Crippen molar-refractivity contribution in [1.82, 2.24) is 19.2 Å². The van der Waals surface area contributed by atoms with Gasteiger partial charge in [-0.25, -0.2) is 9.48 Å². The third-order valence-corrected chi connectivity index (χ3v) is 6.26. The maximum atomic E-state index is 13.2. The topological polar surface area (TPSA) is 78.6 Å². The van der Waals surface area contributed by atoms with Gasteiger partial charge < -0.3 is 14.4 Å². The molecular weight excluding hydrogens is 408 g/mol. The number of amides is 1. The summed E-state index contributed by atoms with van der Waals surface area (Å²) < 4.78 is 14.2. The van der Waals surface area contributed by atoms with Crippen LogP contribution in [0, 0.1) is 0 Å². The fourth-order valence-electron chi connectivity index (χ4n) is 4.30. The minimum absolute atomic E-state index is 0.0222. The lowest BCUT2D eigenvalue weighted by atomic mass is 9.96. The van der Waals surface area contributed by atoms with E-state index in [0.29, 0.717) is 31.9 Å². The molecule has 2 heterocycles. The highest BCUT2D eigenvalue weighted by atomic mass is 16.5. The second-order valence-electron chi connectivity index (χ2n) is 8.77. The van der Waals surface area contributed by atoms with E-state index in [2.05, 4.69) is 12.0 Å². The summed E-state index contributed by atoms with van der Waals surface area (Å²) in [5.74, 6) is 1.71. The molecule has 4 rings (SSSR count). The van der Waals surface area contributed by atoms with Crippen LogP contribution < -0.4 is 10.4 Å². The molecule has 174 valence electrons. The molecule has 1 aliphatic carbocycles. The van der Waals surface area contributed by atoms with Crippen LogP contribution in [-0.4, -0.2) is 58.6 Å². The van der Waals surface area contributed by atoms with E-state index >= 15 is 0 Å². The summed E-state index contributed by atoms with van der Waals surface area (Å²) in [6, 6.07) is 7.67. The van der Waals surface area contributed by atoms with Crippen molar-refractivity contribution in [3.05, 3.63) is 46.1 Å². The van der Waals surface area contributed by atoms with E-state index in [1.807, 2.05) is 33.7 Å². The van der Waals surface area contributed by atoms with Crippen molar-refractivity contribution in [2.24, 2.45) is 0 Å². The monoisotopic (exact) mass is 442 g/mol. The molecule has 8 heteroatoms. The second kappa shape index (κ2) is 10.3. The van der Waals surface area contributed by atoms with Crippen LogP contribution in [0.4, 0.5) is 0 Å². The van der Waals surface area contributed by atoms with E-state index in [1.54, 1.807) is 7.11 Å². The molecule has 2 aromatic rings. The highest BCUT2D eigenvalue weighted by Gasteiger charge is 2.35. The quantitative estimate of drug-likeness (QED) is 0.528. The Kier molecular flexibility index (Phi) is 7.29. The zero-order valence-corrected chi connectivity index (χ0v) is 19.2. The molecule has 2 aliphatic rings. The fraction of sp³-hybridized carbons (Fsp3) is 0.625. The number of rotatable bonds is 10. The van der Waals surface area contributed by atoms with E-state index in [1.165, 1.54) is 4.68 Å². The minimum atomic E-state index is -0.0540. The number of methoxy groups -OCH3 is 1. The lowest BCUT2D eigenvalue weighted by Gasteiger charge is -2.32. The van der Waals surface area contributed by atoms with Crippen LogP contribution in [0.3, 0.4) is 0 Å². The lowest BCUT2D eigenvalue weighted by molar-refractivity contribution is 0.0703. The Balaban J connectivity index is 1.46. The van der Waals surface area contributed by atoms with Gasteiger partial charge in [-0.05, 0) is 56.4 Å². The zero-order valence-electron chi connectivity index (χ0n) is 19.2. The van der Waals surface area contributed by atoms with Gasteiger partial charge in [-0.2, -0.15) is 5.10 Å². The number of hydrogen-bond acceptors (Lipinski definition) is 5. The van der Waals surface area contributed by atoms with Gasteiger partial charge in [0.2, 0.25) is 0 Å². The predicted molar refractivity (Wildman–Crippen MR) is 121 cm³/mol. The first kappa shape index (κ1) is 22.6. The third kappa shape index (κ3) is 5.06. The van der Waals surface area contributed by atoms with Crippen LogP contribution in [0.5, 0.6) is 5.75 Å². The van der Waals surface area contributed by atoms with Crippen molar-refractivity contribution < 1.29 is 14.3 Å². The Morgan fingerprint density at radius 1 is 1.16 bits per heavy atom. The molecule has 1 aliphatic heterocycles. The number of hydrogen-bond donors (Lipinski definition) is 0. The average Bonchev–Trinajstić information content (AvgIpc) is 3.61. The SMILES string of the molecule is CCCCOc1ccc(C(=O)N2CCCC(c3nn(CCOC)c(=O)n3C3CC3)C2)cc1. The molecule has 2 fully saturated rings. The van der Waals surface area contributed by atoms with Gasteiger partial charge in [0, 0.05) is 37.7 Å². The molecule has 1 atom stereocenters. The number of carbonyl (C=O) groups is 1. The molecule has 8 nitrogen and oxygen atoms in total. The number of likely N-dealkylation sites (tertiary alicyclic amines) is 1. The molecule has 0 N–H and O–H groups in total. The zero-order chi connectivity index (χ0) is 22.5. The predicted octanol–water partition coefficient (Wildman–Crippen LogP) is 3.22. The average molecular weight is 443 g/mol. The summed E-state index contributed by atoms with van der Waals surface area (Å²) in [6.45, 7) is 5.03. The van der Waals surface area contributed by atoms with Crippen molar-refractivity contribution in [2.75, 3.05) is 33.4 Å². The maximum Gasteiger partial charge on any atom is 0.346 e. The van der Waals surface area contributed by atoms with Gasteiger partial charge >= 0.3 is 5.69 Å². The fourth-order valence-corrected chi connectivity index (χ4v) is 4.30. The van der Waals surface area contributed by atoms with E-state index in [4.69, 9.17) is 9.47 Å². The number of benzene rings is 1. The summed E-state index contributed by atoms with van der Waals surface area (Å²) in [4.78, 5) is 28.0. The second-order valence-corrected chi connectivity index (χ2v) is 8.77. The van der Waals surface area contributed by atoms with Crippen molar-refractivity contribution >= 4 is 5.91 Å². The molecule has 1 saturated carbocycles. The van der Waals surface area contributed by atoms with Gasteiger partial charge in [0.1, 0.15) is 11.6 Å². The van der Waals surface area contributed by atoms with E-state index in [-0.39, 0.29) is 23.6 Å².